The van der Waals surface area contributed by atoms with E-state index in [1.54, 1.807) is 4.68 Å². The molecule has 2 heterocycles. The molecule has 0 bridgehead atoms. The maximum atomic E-state index is 4.24. The van der Waals surface area contributed by atoms with Crippen LogP contribution in [0.4, 0.5) is 0 Å². The molecule has 4 nitrogen and oxygen atoms in total. The lowest BCUT2D eigenvalue weighted by molar-refractivity contribution is 0.224. The third kappa shape index (κ3) is 2.86. The zero-order chi connectivity index (χ0) is 12.3. The summed E-state index contributed by atoms with van der Waals surface area (Å²) in [7, 11) is 1.93. The zero-order valence-electron chi connectivity index (χ0n) is 11.2. The normalized spacial score (nSPS) is 26.1. The fourth-order valence-electron chi connectivity index (χ4n) is 2.82. The van der Waals surface area contributed by atoms with Crippen molar-refractivity contribution in [3.8, 4) is 0 Å². The number of rotatable bonds is 3. The van der Waals surface area contributed by atoms with E-state index in [9.17, 15) is 0 Å². The zero-order valence-corrected chi connectivity index (χ0v) is 11.2. The van der Waals surface area contributed by atoms with Crippen LogP contribution in [-0.4, -0.2) is 27.1 Å². The Bertz CT molecular complexity index is 348. The molecule has 17 heavy (non-hydrogen) atoms. The van der Waals surface area contributed by atoms with Crippen LogP contribution in [0.5, 0.6) is 0 Å². The highest BCUT2D eigenvalue weighted by atomic mass is 15.4. The lowest BCUT2D eigenvalue weighted by Gasteiger charge is -2.37. The van der Waals surface area contributed by atoms with E-state index in [2.05, 4.69) is 29.5 Å². The van der Waals surface area contributed by atoms with E-state index in [0.717, 1.165) is 18.7 Å². The maximum Gasteiger partial charge on any atom is 0.0845 e. The molecule has 0 saturated carbocycles. The van der Waals surface area contributed by atoms with Crippen LogP contribution >= 0.6 is 0 Å². The average Bonchev–Trinajstić information content (AvgIpc) is 2.54. The molecule has 96 valence electrons. The Kier molecular flexibility index (Phi) is 3.82. The minimum Gasteiger partial charge on any atom is -0.311 e. The van der Waals surface area contributed by atoms with Crippen molar-refractivity contribution in [2.24, 2.45) is 13.0 Å². The molecule has 0 aromatic carbocycles. The molecule has 1 N–H and O–H groups in total. The predicted molar refractivity (Wildman–Crippen MR) is 68.7 cm³/mol. The van der Waals surface area contributed by atoms with E-state index in [0.29, 0.717) is 5.92 Å². The van der Waals surface area contributed by atoms with Gasteiger partial charge in [0.25, 0.3) is 0 Å². The van der Waals surface area contributed by atoms with Crippen LogP contribution < -0.4 is 5.32 Å². The van der Waals surface area contributed by atoms with Gasteiger partial charge < -0.3 is 5.32 Å². The average molecular weight is 236 g/mol. The van der Waals surface area contributed by atoms with E-state index >= 15 is 0 Å². The molecule has 1 atom stereocenters. The molecule has 0 radical (unpaired) electrons. The Morgan fingerprint density at radius 3 is 2.88 bits per heavy atom. The van der Waals surface area contributed by atoms with Gasteiger partial charge in [-0.05, 0) is 25.3 Å². The van der Waals surface area contributed by atoms with Gasteiger partial charge in [0, 0.05) is 25.2 Å². The molecule has 0 amide bonds. The topological polar surface area (TPSA) is 42.7 Å². The second kappa shape index (κ2) is 5.17. The van der Waals surface area contributed by atoms with Gasteiger partial charge in [0.1, 0.15) is 0 Å². The van der Waals surface area contributed by atoms with Gasteiger partial charge in [0.15, 0.2) is 0 Å². The Morgan fingerprint density at radius 2 is 2.24 bits per heavy atom. The van der Waals surface area contributed by atoms with Crippen LogP contribution in [0.2, 0.25) is 0 Å². The van der Waals surface area contributed by atoms with Crippen LogP contribution in [0.1, 0.15) is 45.2 Å². The molecule has 1 aromatic rings. The second-order valence-corrected chi connectivity index (χ2v) is 5.61. The van der Waals surface area contributed by atoms with Crippen molar-refractivity contribution >= 4 is 0 Å². The first-order valence-electron chi connectivity index (χ1n) is 6.73. The van der Waals surface area contributed by atoms with Crippen LogP contribution in [0.15, 0.2) is 6.20 Å². The monoisotopic (exact) mass is 236 g/mol. The lowest BCUT2D eigenvalue weighted by Crippen LogP contribution is -2.51. The van der Waals surface area contributed by atoms with E-state index < -0.39 is 0 Å². The number of hydrogen-bond donors (Lipinski definition) is 1. The molecule has 4 heteroatoms. The van der Waals surface area contributed by atoms with Gasteiger partial charge in [0.05, 0.1) is 5.69 Å². The summed E-state index contributed by atoms with van der Waals surface area (Å²) in [6.45, 7) is 5.77. The van der Waals surface area contributed by atoms with Crippen molar-refractivity contribution in [2.45, 2.75) is 51.5 Å². The molecule has 1 saturated heterocycles. The van der Waals surface area contributed by atoms with Gasteiger partial charge in [0.2, 0.25) is 0 Å². The van der Waals surface area contributed by atoms with Gasteiger partial charge in [-0.15, -0.1) is 5.10 Å². The predicted octanol–water partition coefficient (Wildman–Crippen LogP) is 1.92. The summed E-state index contributed by atoms with van der Waals surface area (Å²) in [5.41, 5.74) is 1.32. The maximum absolute atomic E-state index is 4.24. The Balaban J connectivity index is 2.15. The van der Waals surface area contributed by atoms with Crippen molar-refractivity contribution in [3.05, 3.63) is 11.9 Å². The van der Waals surface area contributed by atoms with Gasteiger partial charge in [-0.3, -0.25) is 4.68 Å². The summed E-state index contributed by atoms with van der Waals surface area (Å²) in [6.07, 6.45) is 8.26. The van der Waals surface area contributed by atoms with Crippen molar-refractivity contribution in [3.63, 3.8) is 0 Å². The summed E-state index contributed by atoms with van der Waals surface area (Å²) in [4.78, 5) is 0. The fourth-order valence-corrected chi connectivity index (χ4v) is 2.82. The molecule has 1 fully saturated rings. The molecule has 0 aliphatic carbocycles. The minimum absolute atomic E-state index is 0.215. The van der Waals surface area contributed by atoms with Gasteiger partial charge >= 0.3 is 0 Å². The quantitative estimate of drug-likeness (QED) is 0.872. The molecular formula is C13H24N4. The number of hydrogen-bond acceptors (Lipinski definition) is 3. The first kappa shape index (κ1) is 12.6. The number of nitrogens with one attached hydrogen (secondary N) is 1. The van der Waals surface area contributed by atoms with Crippen molar-refractivity contribution < 1.29 is 0 Å². The van der Waals surface area contributed by atoms with Crippen molar-refractivity contribution in [2.75, 3.05) is 6.54 Å². The van der Waals surface area contributed by atoms with Gasteiger partial charge in [-0.2, -0.15) is 0 Å². The third-order valence-corrected chi connectivity index (χ3v) is 4.03. The fraction of sp³-hybridized carbons (Fsp3) is 0.846. The van der Waals surface area contributed by atoms with Crippen molar-refractivity contribution in [1.29, 1.82) is 0 Å². The van der Waals surface area contributed by atoms with Gasteiger partial charge in [-0.1, -0.05) is 31.9 Å². The van der Waals surface area contributed by atoms with Crippen LogP contribution in [0.3, 0.4) is 0 Å². The number of aryl methyl sites for hydroxylation is 1. The SMILES string of the molecule is CC(C)C1(Cc2cn(C)nn2)CCCCCN1. The first-order chi connectivity index (χ1) is 8.12. The number of aromatic nitrogens is 3. The lowest BCUT2D eigenvalue weighted by atomic mass is 9.79. The second-order valence-electron chi connectivity index (χ2n) is 5.61. The molecule has 2 rings (SSSR count). The van der Waals surface area contributed by atoms with Crippen molar-refractivity contribution in [1.82, 2.24) is 20.3 Å². The Morgan fingerprint density at radius 1 is 1.41 bits per heavy atom. The van der Waals surface area contributed by atoms with E-state index in [4.69, 9.17) is 0 Å². The van der Waals surface area contributed by atoms with Crippen LogP contribution in [-0.2, 0) is 13.5 Å². The molecule has 1 aromatic heterocycles. The summed E-state index contributed by atoms with van der Waals surface area (Å²) >= 11 is 0. The summed E-state index contributed by atoms with van der Waals surface area (Å²) in [5, 5.41) is 12.1. The third-order valence-electron chi connectivity index (χ3n) is 4.03. The molecule has 1 unspecified atom stereocenters. The molecule has 0 spiro atoms. The van der Waals surface area contributed by atoms with E-state index in [1.165, 1.54) is 25.7 Å². The van der Waals surface area contributed by atoms with Gasteiger partial charge in [-0.25, -0.2) is 0 Å². The molecule has 1 aliphatic rings. The highest BCUT2D eigenvalue weighted by Gasteiger charge is 2.34. The Labute approximate surface area is 104 Å². The summed E-state index contributed by atoms with van der Waals surface area (Å²) in [6, 6.07) is 0. The molecular weight excluding hydrogens is 212 g/mol. The number of nitrogens with zero attached hydrogens (tertiary/aromatic N) is 3. The first-order valence-corrected chi connectivity index (χ1v) is 6.73. The standard InChI is InChI=1S/C13H24N4/c1-11(2)13(7-5-4-6-8-14-13)9-12-10-17(3)16-15-12/h10-11,14H,4-9H2,1-3H3. The van der Waals surface area contributed by atoms with E-state index in [1.807, 2.05) is 13.2 Å². The highest BCUT2D eigenvalue weighted by Crippen LogP contribution is 2.29. The van der Waals surface area contributed by atoms with E-state index in [-0.39, 0.29) is 5.54 Å². The Hall–Kier alpha value is -0.900. The van der Waals surface area contributed by atoms with Crippen LogP contribution in [0.25, 0.3) is 0 Å². The largest absolute Gasteiger partial charge is 0.311 e. The smallest absolute Gasteiger partial charge is 0.0845 e. The minimum atomic E-state index is 0.215. The summed E-state index contributed by atoms with van der Waals surface area (Å²) < 4.78 is 1.79. The molecule has 1 aliphatic heterocycles. The highest BCUT2D eigenvalue weighted by molar-refractivity contribution is 5.05. The summed E-state index contributed by atoms with van der Waals surface area (Å²) in [5.74, 6) is 0.627. The van der Waals surface area contributed by atoms with Crippen LogP contribution in [0, 0.1) is 5.92 Å².